The highest BCUT2D eigenvalue weighted by atomic mass is 19.1. The molecule has 0 amide bonds. The average Bonchev–Trinajstić information content (AvgIpc) is 1.88. The van der Waals surface area contributed by atoms with E-state index in [-0.39, 0.29) is 11.6 Å². The zero-order chi connectivity index (χ0) is 7.56. The third-order valence-corrected chi connectivity index (χ3v) is 1.24. The van der Waals surface area contributed by atoms with Gasteiger partial charge >= 0.3 is 0 Å². The number of hydrogen-bond acceptors (Lipinski definition) is 2. The summed E-state index contributed by atoms with van der Waals surface area (Å²) in [6, 6.07) is 1.27. The van der Waals surface area contributed by atoms with E-state index in [9.17, 15) is 4.39 Å². The van der Waals surface area contributed by atoms with Gasteiger partial charge in [0.05, 0.1) is 12.8 Å². The molecule has 1 rings (SSSR count). The Morgan fingerprint density at radius 1 is 1.60 bits per heavy atom. The summed E-state index contributed by atoms with van der Waals surface area (Å²) >= 11 is 0. The zero-order valence-corrected chi connectivity index (χ0v) is 5.89. The molecular formula is C7H8FNO. The van der Waals surface area contributed by atoms with Crippen LogP contribution in [0.25, 0.3) is 0 Å². The van der Waals surface area contributed by atoms with Gasteiger partial charge in [0.15, 0.2) is 11.6 Å². The summed E-state index contributed by atoms with van der Waals surface area (Å²) in [4.78, 5) is 3.85. The summed E-state index contributed by atoms with van der Waals surface area (Å²) in [5, 5.41) is 0. The van der Waals surface area contributed by atoms with Crippen molar-refractivity contribution in [3.8, 4) is 5.75 Å². The molecule has 0 aliphatic rings. The van der Waals surface area contributed by atoms with Crippen LogP contribution in [0.4, 0.5) is 4.39 Å². The van der Waals surface area contributed by atoms with Crippen molar-refractivity contribution in [2.24, 2.45) is 0 Å². The van der Waals surface area contributed by atoms with Crippen LogP contribution < -0.4 is 4.74 Å². The van der Waals surface area contributed by atoms with E-state index in [1.165, 1.54) is 19.4 Å². The molecule has 10 heavy (non-hydrogen) atoms. The molecule has 3 heteroatoms. The molecule has 0 radical (unpaired) electrons. The molecule has 0 fully saturated rings. The van der Waals surface area contributed by atoms with Crippen molar-refractivity contribution in [3.05, 3.63) is 23.8 Å². The molecular weight excluding hydrogens is 133 g/mol. The second kappa shape index (κ2) is 2.64. The van der Waals surface area contributed by atoms with E-state index < -0.39 is 0 Å². The Labute approximate surface area is 58.7 Å². The second-order valence-corrected chi connectivity index (χ2v) is 1.91. The Kier molecular flexibility index (Phi) is 1.85. The molecule has 0 atom stereocenters. The van der Waals surface area contributed by atoms with Gasteiger partial charge in [0.25, 0.3) is 0 Å². The average molecular weight is 141 g/mol. The number of ether oxygens (including phenoxy) is 1. The molecule has 0 saturated heterocycles. The maximum Gasteiger partial charge on any atom is 0.175 e. The van der Waals surface area contributed by atoms with Crippen molar-refractivity contribution >= 4 is 0 Å². The van der Waals surface area contributed by atoms with Crippen LogP contribution in [0.3, 0.4) is 0 Å². The van der Waals surface area contributed by atoms with Gasteiger partial charge in [-0.25, -0.2) is 4.39 Å². The van der Waals surface area contributed by atoms with E-state index in [1.54, 1.807) is 6.92 Å². The quantitative estimate of drug-likeness (QED) is 0.591. The summed E-state index contributed by atoms with van der Waals surface area (Å²) in [5.74, 6) is -0.141. The summed E-state index contributed by atoms with van der Waals surface area (Å²) in [6.45, 7) is 1.70. The summed E-state index contributed by atoms with van der Waals surface area (Å²) in [5.41, 5.74) is 0.572. The third kappa shape index (κ3) is 1.07. The van der Waals surface area contributed by atoms with E-state index in [0.29, 0.717) is 5.69 Å². The summed E-state index contributed by atoms with van der Waals surface area (Å²) in [7, 11) is 1.42. The first-order valence-corrected chi connectivity index (χ1v) is 2.91. The van der Waals surface area contributed by atoms with Crippen LogP contribution in [-0.2, 0) is 0 Å². The topological polar surface area (TPSA) is 22.1 Å². The van der Waals surface area contributed by atoms with Crippen LogP contribution in [0.15, 0.2) is 12.3 Å². The summed E-state index contributed by atoms with van der Waals surface area (Å²) < 4.78 is 17.4. The first-order valence-electron chi connectivity index (χ1n) is 2.91. The standard InChI is InChI=1S/C7H8FNO/c1-5-7(10-2)6(8)3-4-9-5/h3-4H,1-2H3. The van der Waals surface area contributed by atoms with E-state index in [4.69, 9.17) is 4.74 Å². The lowest BCUT2D eigenvalue weighted by Crippen LogP contribution is -1.92. The molecule has 0 N–H and O–H groups in total. The maximum absolute atomic E-state index is 12.7. The lowest BCUT2D eigenvalue weighted by molar-refractivity contribution is 0.380. The predicted molar refractivity (Wildman–Crippen MR) is 35.5 cm³/mol. The molecule has 0 bridgehead atoms. The maximum atomic E-state index is 12.7. The van der Waals surface area contributed by atoms with E-state index in [0.717, 1.165) is 0 Å². The number of nitrogens with zero attached hydrogens (tertiary/aromatic N) is 1. The number of pyridine rings is 1. The number of rotatable bonds is 1. The van der Waals surface area contributed by atoms with Crippen LogP contribution in [0.2, 0.25) is 0 Å². The van der Waals surface area contributed by atoms with Gasteiger partial charge in [-0.2, -0.15) is 0 Å². The van der Waals surface area contributed by atoms with Crippen molar-refractivity contribution in [1.29, 1.82) is 0 Å². The number of hydrogen-bond donors (Lipinski definition) is 0. The van der Waals surface area contributed by atoms with Crippen molar-refractivity contribution < 1.29 is 9.13 Å². The Hall–Kier alpha value is -1.12. The van der Waals surface area contributed by atoms with Gasteiger partial charge in [-0.1, -0.05) is 0 Å². The highest BCUT2D eigenvalue weighted by Crippen LogP contribution is 2.17. The minimum absolute atomic E-state index is 0.225. The zero-order valence-electron chi connectivity index (χ0n) is 5.89. The minimum Gasteiger partial charge on any atom is -0.492 e. The number of aromatic nitrogens is 1. The molecule has 0 aliphatic carbocycles. The molecule has 0 unspecified atom stereocenters. The Morgan fingerprint density at radius 2 is 2.30 bits per heavy atom. The Balaban J connectivity index is 3.17. The molecule has 54 valence electrons. The molecule has 1 heterocycles. The molecule has 0 saturated carbocycles. The lowest BCUT2D eigenvalue weighted by atomic mass is 10.3. The molecule has 1 aromatic rings. The van der Waals surface area contributed by atoms with Crippen LogP contribution in [0, 0.1) is 12.7 Å². The molecule has 0 spiro atoms. The lowest BCUT2D eigenvalue weighted by Gasteiger charge is -2.02. The fraction of sp³-hybridized carbons (Fsp3) is 0.286. The van der Waals surface area contributed by atoms with Crippen LogP contribution in [0.1, 0.15) is 5.69 Å². The smallest absolute Gasteiger partial charge is 0.175 e. The van der Waals surface area contributed by atoms with E-state index in [1.807, 2.05) is 0 Å². The van der Waals surface area contributed by atoms with Crippen molar-refractivity contribution in [2.75, 3.05) is 7.11 Å². The monoisotopic (exact) mass is 141 g/mol. The molecule has 1 aromatic heterocycles. The van der Waals surface area contributed by atoms with Crippen LogP contribution in [-0.4, -0.2) is 12.1 Å². The van der Waals surface area contributed by atoms with Gasteiger partial charge in [-0.05, 0) is 13.0 Å². The fourth-order valence-corrected chi connectivity index (χ4v) is 0.767. The first kappa shape index (κ1) is 6.99. The van der Waals surface area contributed by atoms with Crippen molar-refractivity contribution in [2.45, 2.75) is 6.92 Å². The van der Waals surface area contributed by atoms with E-state index in [2.05, 4.69) is 4.98 Å². The fourth-order valence-electron chi connectivity index (χ4n) is 0.767. The van der Waals surface area contributed by atoms with Gasteiger partial charge in [0.1, 0.15) is 0 Å². The first-order chi connectivity index (χ1) is 4.75. The molecule has 2 nitrogen and oxygen atoms in total. The highest BCUT2D eigenvalue weighted by Gasteiger charge is 2.03. The number of methoxy groups -OCH3 is 1. The minimum atomic E-state index is -0.366. The molecule has 0 aromatic carbocycles. The Bertz CT molecular complexity index is 217. The highest BCUT2D eigenvalue weighted by molar-refractivity contribution is 5.27. The second-order valence-electron chi connectivity index (χ2n) is 1.91. The van der Waals surface area contributed by atoms with Gasteiger partial charge in [0, 0.05) is 6.20 Å². The van der Waals surface area contributed by atoms with Crippen molar-refractivity contribution in [3.63, 3.8) is 0 Å². The van der Waals surface area contributed by atoms with Gasteiger partial charge < -0.3 is 4.74 Å². The normalized spacial score (nSPS) is 9.50. The van der Waals surface area contributed by atoms with Crippen LogP contribution in [0.5, 0.6) is 5.75 Å². The van der Waals surface area contributed by atoms with E-state index >= 15 is 0 Å². The van der Waals surface area contributed by atoms with Gasteiger partial charge in [-0.15, -0.1) is 0 Å². The number of aryl methyl sites for hydroxylation is 1. The third-order valence-electron chi connectivity index (χ3n) is 1.24. The number of halogens is 1. The Morgan fingerprint density at radius 3 is 2.70 bits per heavy atom. The summed E-state index contributed by atoms with van der Waals surface area (Å²) in [6.07, 6.45) is 1.41. The van der Waals surface area contributed by atoms with Gasteiger partial charge in [0.2, 0.25) is 0 Å². The largest absolute Gasteiger partial charge is 0.492 e. The molecule has 0 aliphatic heterocycles. The SMILES string of the molecule is COc1c(F)ccnc1C. The predicted octanol–water partition coefficient (Wildman–Crippen LogP) is 1.54. The van der Waals surface area contributed by atoms with Gasteiger partial charge in [-0.3, -0.25) is 4.98 Å². The van der Waals surface area contributed by atoms with Crippen LogP contribution >= 0.6 is 0 Å². The van der Waals surface area contributed by atoms with Crippen molar-refractivity contribution in [1.82, 2.24) is 4.98 Å².